The molecule has 6 heteroatoms. The van der Waals surface area contributed by atoms with Crippen molar-refractivity contribution < 1.29 is 19.6 Å². The third kappa shape index (κ3) is 4.14. The van der Waals surface area contributed by atoms with E-state index in [1.165, 1.54) is 24.3 Å². The number of carbonyl (C=O) groups excluding carboxylic acids is 1. The molecule has 6 nitrogen and oxygen atoms in total. The van der Waals surface area contributed by atoms with Crippen LogP contribution in [0, 0.1) is 10.1 Å². The SMILES string of the molecule is CCCOC(=O)CC(O)c1ccc([N+](=O)[O-])cc1. The first-order chi connectivity index (χ1) is 8.54. The Hall–Kier alpha value is -1.95. The highest BCUT2D eigenvalue weighted by Gasteiger charge is 2.15. The molecule has 1 unspecified atom stereocenters. The maximum Gasteiger partial charge on any atom is 0.308 e. The van der Waals surface area contributed by atoms with Crippen molar-refractivity contribution in [3.8, 4) is 0 Å². The minimum Gasteiger partial charge on any atom is -0.466 e. The van der Waals surface area contributed by atoms with Crippen molar-refractivity contribution in [2.75, 3.05) is 6.61 Å². The Kier molecular flexibility index (Phi) is 5.26. The molecular formula is C12H15NO5. The number of ether oxygens (including phenoxy) is 1. The van der Waals surface area contributed by atoms with E-state index < -0.39 is 17.0 Å². The van der Waals surface area contributed by atoms with Gasteiger partial charge in [-0.25, -0.2) is 0 Å². The molecule has 0 fully saturated rings. The van der Waals surface area contributed by atoms with Crippen LogP contribution in [0.15, 0.2) is 24.3 Å². The van der Waals surface area contributed by atoms with Gasteiger partial charge < -0.3 is 9.84 Å². The molecule has 1 N–H and O–H groups in total. The van der Waals surface area contributed by atoms with Crippen LogP contribution in [0.3, 0.4) is 0 Å². The van der Waals surface area contributed by atoms with Gasteiger partial charge in [-0.3, -0.25) is 14.9 Å². The van der Waals surface area contributed by atoms with Gasteiger partial charge in [0, 0.05) is 12.1 Å². The molecule has 0 aliphatic carbocycles. The van der Waals surface area contributed by atoms with Crippen LogP contribution in [0.4, 0.5) is 5.69 Å². The molecule has 0 radical (unpaired) electrons. The molecular weight excluding hydrogens is 238 g/mol. The Labute approximate surface area is 104 Å². The van der Waals surface area contributed by atoms with Crippen molar-refractivity contribution in [2.45, 2.75) is 25.9 Å². The van der Waals surface area contributed by atoms with Gasteiger partial charge in [0.2, 0.25) is 0 Å². The standard InChI is InChI=1S/C12H15NO5/c1-2-7-18-12(15)8-11(14)9-3-5-10(6-4-9)13(16)17/h3-6,11,14H,2,7-8H2,1H3. The topological polar surface area (TPSA) is 89.7 Å². The minimum atomic E-state index is -1.00. The molecule has 0 saturated carbocycles. The Morgan fingerprint density at radius 2 is 2.06 bits per heavy atom. The number of esters is 1. The summed E-state index contributed by atoms with van der Waals surface area (Å²) in [6.45, 7) is 2.20. The normalized spacial score (nSPS) is 11.9. The smallest absolute Gasteiger partial charge is 0.308 e. The van der Waals surface area contributed by atoms with E-state index in [1.807, 2.05) is 6.92 Å². The second-order valence-corrected chi connectivity index (χ2v) is 3.79. The van der Waals surface area contributed by atoms with Gasteiger partial charge >= 0.3 is 5.97 Å². The van der Waals surface area contributed by atoms with Gasteiger partial charge in [0.1, 0.15) is 0 Å². The number of hydrogen-bond acceptors (Lipinski definition) is 5. The third-order valence-electron chi connectivity index (χ3n) is 2.32. The van der Waals surface area contributed by atoms with Crippen LogP contribution < -0.4 is 0 Å². The zero-order valence-electron chi connectivity index (χ0n) is 10.0. The summed E-state index contributed by atoms with van der Waals surface area (Å²) in [7, 11) is 0. The van der Waals surface area contributed by atoms with E-state index in [0.29, 0.717) is 12.2 Å². The molecule has 1 rings (SSSR count). The van der Waals surface area contributed by atoms with Crippen LogP contribution in [0.1, 0.15) is 31.4 Å². The first-order valence-corrected chi connectivity index (χ1v) is 5.62. The van der Waals surface area contributed by atoms with E-state index in [-0.39, 0.29) is 12.1 Å². The Balaban J connectivity index is 2.58. The lowest BCUT2D eigenvalue weighted by Gasteiger charge is -2.10. The summed E-state index contributed by atoms with van der Waals surface area (Å²) < 4.78 is 4.84. The Morgan fingerprint density at radius 3 is 2.56 bits per heavy atom. The molecule has 0 bridgehead atoms. The van der Waals surface area contributed by atoms with Crippen molar-refractivity contribution in [3.05, 3.63) is 39.9 Å². The van der Waals surface area contributed by atoms with Gasteiger partial charge in [0.25, 0.3) is 5.69 Å². The molecule has 0 aliphatic rings. The zero-order valence-corrected chi connectivity index (χ0v) is 10.0. The van der Waals surface area contributed by atoms with Crippen LogP contribution in [-0.2, 0) is 9.53 Å². The number of hydrogen-bond donors (Lipinski definition) is 1. The van der Waals surface area contributed by atoms with Crippen molar-refractivity contribution in [1.29, 1.82) is 0 Å². The highest BCUT2D eigenvalue weighted by molar-refractivity contribution is 5.70. The summed E-state index contributed by atoms with van der Waals surface area (Å²) in [4.78, 5) is 21.2. The number of nitrogens with zero attached hydrogens (tertiary/aromatic N) is 1. The maximum absolute atomic E-state index is 11.3. The number of aliphatic hydroxyl groups is 1. The molecule has 0 spiro atoms. The summed E-state index contributed by atoms with van der Waals surface area (Å²) in [5, 5.41) is 20.2. The lowest BCUT2D eigenvalue weighted by molar-refractivity contribution is -0.384. The Bertz CT molecular complexity index is 415. The predicted octanol–water partition coefficient (Wildman–Crippen LogP) is 1.97. The average Bonchev–Trinajstić information content (AvgIpc) is 2.36. The second kappa shape index (κ2) is 6.70. The largest absolute Gasteiger partial charge is 0.466 e. The molecule has 0 aromatic heterocycles. The molecule has 1 aromatic rings. The van der Waals surface area contributed by atoms with Crippen LogP contribution in [0.2, 0.25) is 0 Å². The van der Waals surface area contributed by atoms with E-state index in [1.54, 1.807) is 0 Å². The van der Waals surface area contributed by atoms with Gasteiger partial charge in [-0.15, -0.1) is 0 Å². The molecule has 0 amide bonds. The molecule has 18 heavy (non-hydrogen) atoms. The summed E-state index contributed by atoms with van der Waals surface area (Å²) in [6, 6.07) is 5.43. The van der Waals surface area contributed by atoms with E-state index in [4.69, 9.17) is 4.74 Å². The Morgan fingerprint density at radius 1 is 1.44 bits per heavy atom. The number of benzene rings is 1. The van der Waals surface area contributed by atoms with Crippen LogP contribution in [0.25, 0.3) is 0 Å². The van der Waals surface area contributed by atoms with Gasteiger partial charge in [0.05, 0.1) is 24.1 Å². The molecule has 0 aliphatic heterocycles. The molecule has 1 atom stereocenters. The van der Waals surface area contributed by atoms with Crippen molar-refractivity contribution >= 4 is 11.7 Å². The predicted molar refractivity (Wildman–Crippen MR) is 63.9 cm³/mol. The first kappa shape index (κ1) is 14.1. The van der Waals surface area contributed by atoms with E-state index in [2.05, 4.69) is 0 Å². The average molecular weight is 253 g/mol. The van der Waals surface area contributed by atoms with Crippen molar-refractivity contribution in [2.24, 2.45) is 0 Å². The number of nitro benzene ring substituents is 1. The minimum absolute atomic E-state index is 0.0560. The number of aliphatic hydroxyl groups excluding tert-OH is 1. The van der Waals surface area contributed by atoms with Crippen molar-refractivity contribution in [1.82, 2.24) is 0 Å². The van der Waals surface area contributed by atoms with Crippen LogP contribution >= 0.6 is 0 Å². The first-order valence-electron chi connectivity index (χ1n) is 5.62. The van der Waals surface area contributed by atoms with Crippen LogP contribution in [0.5, 0.6) is 0 Å². The molecule has 1 aromatic carbocycles. The van der Waals surface area contributed by atoms with Gasteiger partial charge in [-0.2, -0.15) is 0 Å². The monoisotopic (exact) mass is 253 g/mol. The maximum atomic E-state index is 11.3. The summed E-state index contributed by atoms with van der Waals surface area (Å²) in [5.41, 5.74) is 0.397. The van der Waals surface area contributed by atoms with Gasteiger partial charge in [-0.05, 0) is 24.1 Å². The van der Waals surface area contributed by atoms with Gasteiger partial charge in [0.15, 0.2) is 0 Å². The quantitative estimate of drug-likeness (QED) is 0.475. The summed E-state index contributed by atoms with van der Waals surface area (Å²) in [6.07, 6.45) is -0.438. The number of carbonyl (C=O) groups is 1. The van der Waals surface area contributed by atoms with E-state index in [9.17, 15) is 20.0 Å². The van der Waals surface area contributed by atoms with E-state index >= 15 is 0 Å². The summed E-state index contributed by atoms with van der Waals surface area (Å²) >= 11 is 0. The molecule has 0 heterocycles. The lowest BCUT2D eigenvalue weighted by Crippen LogP contribution is -2.10. The highest BCUT2D eigenvalue weighted by Crippen LogP contribution is 2.20. The van der Waals surface area contributed by atoms with Crippen molar-refractivity contribution in [3.63, 3.8) is 0 Å². The highest BCUT2D eigenvalue weighted by atomic mass is 16.6. The fourth-order valence-electron chi connectivity index (χ4n) is 1.37. The van der Waals surface area contributed by atoms with Gasteiger partial charge in [-0.1, -0.05) is 6.92 Å². The van der Waals surface area contributed by atoms with Crippen LogP contribution in [-0.4, -0.2) is 22.6 Å². The third-order valence-corrected chi connectivity index (χ3v) is 2.32. The summed E-state index contributed by atoms with van der Waals surface area (Å²) in [5.74, 6) is -0.484. The fraction of sp³-hybridized carbons (Fsp3) is 0.417. The van der Waals surface area contributed by atoms with E-state index in [0.717, 1.165) is 6.42 Å². The molecule has 98 valence electrons. The number of rotatable bonds is 6. The lowest BCUT2D eigenvalue weighted by atomic mass is 10.1. The molecule has 0 saturated heterocycles. The second-order valence-electron chi connectivity index (χ2n) is 3.79. The number of nitro groups is 1. The number of non-ortho nitro benzene ring substituents is 1. The zero-order chi connectivity index (χ0) is 13.5. The fourth-order valence-corrected chi connectivity index (χ4v) is 1.37.